The largest absolute Gasteiger partial charge is 0.381 e. The highest BCUT2D eigenvalue weighted by atomic mass is 16.5. The number of nitrogens with one attached hydrogen (secondary N) is 2. The van der Waals surface area contributed by atoms with Crippen molar-refractivity contribution in [3.63, 3.8) is 0 Å². The maximum absolute atomic E-state index is 12.5. The van der Waals surface area contributed by atoms with Crippen LogP contribution in [0.2, 0.25) is 0 Å². The lowest BCUT2D eigenvalue weighted by molar-refractivity contribution is -0.124. The van der Waals surface area contributed by atoms with Gasteiger partial charge >= 0.3 is 0 Å². The number of amides is 1. The zero-order chi connectivity index (χ0) is 14.7. The molecular formula is C17H24N2O2. The fraction of sp³-hybridized carbons (Fsp3) is 0.588. The molecule has 2 N–H and O–H groups in total. The van der Waals surface area contributed by atoms with E-state index in [2.05, 4.69) is 29.7 Å². The Morgan fingerprint density at radius 1 is 1.29 bits per heavy atom. The standard InChI is InChI=1S/C17H24N2O2/c1-12(13-6-8-21-9-7-13)19-17(20)16-10-14-4-2-3-5-15(14)11-18-16/h2-5,12-13,16,18H,6-11H2,1H3,(H,19,20)/t12?,16-/m0/s1. The summed E-state index contributed by atoms with van der Waals surface area (Å²) >= 11 is 0. The second-order valence-corrected chi connectivity index (χ2v) is 6.15. The normalized spacial score (nSPS) is 24.1. The van der Waals surface area contributed by atoms with Gasteiger partial charge in [0.15, 0.2) is 0 Å². The van der Waals surface area contributed by atoms with Crippen LogP contribution >= 0.6 is 0 Å². The van der Waals surface area contributed by atoms with Crippen LogP contribution < -0.4 is 10.6 Å². The van der Waals surface area contributed by atoms with Gasteiger partial charge < -0.3 is 15.4 Å². The van der Waals surface area contributed by atoms with Gasteiger partial charge in [-0.25, -0.2) is 0 Å². The summed E-state index contributed by atoms with van der Waals surface area (Å²) in [6.45, 7) is 4.53. The molecule has 2 aliphatic rings. The molecule has 0 spiro atoms. The van der Waals surface area contributed by atoms with E-state index in [1.54, 1.807) is 0 Å². The Labute approximate surface area is 126 Å². The molecule has 2 aliphatic heterocycles. The highest BCUT2D eigenvalue weighted by molar-refractivity contribution is 5.82. The molecule has 3 rings (SSSR count). The van der Waals surface area contributed by atoms with Crippen molar-refractivity contribution in [2.45, 2.75) is 44.8 Å². The molecule has 4 heteroatoms. The number of fused-ring (bicyclic) bond motifs is 1. The van der Waals surface area contributed by atoms with E-state index in [0.29, 0.717) is 5.92 Å². The average molecular weight is 288 g/mol. The Balaban J connectivity index is 1.56. The van der Waals surface area contributed by atoms with E-state index in [1.807, 2.05) is 12.1 Å². The third-order valence-corrected chi connectivity index (χ3v) is 4.74. The maximum atomic E-state index is 12.5. The lowest BCUT2D eigenvalue weighted by atomic mass is 9.91. The molecule has 4 nitrogen and oxygen atoms in total. The summed E-state index contributed by atoms with van der Waals surface area (Å²) in [6, 6.07) is 8.46. The molecule has 0 bridgehead atoms. The Morgan fingerprint density at radius 2 is 2.00 bits per heavy atom. The van der Waals surface area contributed by atoms with Crippen molar-refractivity contribution in [1.29, 1.82) is 0 Å². The zero-order valence-electron chi connectivity index (χ0n) is 12.6. The van der Waals surface area contributed by atoms with E-state index in [-0.39, 0.29) is 18.0 Å². The predicted molar refractivity (Wildman–Crippen MR) is 81.9 cm³/mol. The minimum absolute atomic E-state index is 0.109. The molecule has 1 unspecified atom stereocenters. The lowest BCUT2D eigenvalue weighted by Gasteiger charge is -2.31. The third-order valence-electron chi connectivity index (χ3n) is 4.74. The fourth-order valence-electron chi connectivity index (χ4n) is 3.30. The summed E-state index contributed by atoms with van der Waals surface area (Å²) in [5.74, 6) is 0.669. The van der Waals surface area contributed by atoms with Crippen LogP contribution in [-0.2, 0) is 22.5 Å². The molecule has 1 aromatic carbocycles. The number of carbonyl (C=O) groups excluding carboxylic acids is 1. The van der Waals surface area contributed by atoms with Gasteiger partial charge in [-0.2, -0.15) is 0 Å². The van der Waals surface area contributed by atoms with Gasteiger partial charge in [-0.05, 0) is 43.2 Å². The number of benzene rings is 1. The molecule has 1 amide bonds. The van der Waals surface area contributed by atoms with Gasteiger partial charge in [0, 0.05) is 25.8 Å². The molecule has 1 fully saturated rings. The summed E-state index contributed by atoms with van der Waals surface area (Å²) in [4.78, 5) is 12.5. The molecule has 0 radical (unpaired) electrons. The Hall–Kier alpha value is -1.39. The number of carbonyl (C=O) groups is 1. The summed E-state index contributed by atoms with van der Waals surface area (Å²) in [6.07, 6.45) is 2.87. The van der Waals surface area contributed by atoms with E-state index in [1.165, 1.54) is 11.1 Å². The molecule has 2 heterocycles. The van der Waals surface area contributed by atoms with Gasteiger partial charge in [-0.1, -0.05) is 24.3 Å². The molecule has 0 aliphatic carbocycles. The van der Waals surface area contributed by atoms with Crippen molar-refractivity contribution in [2.75, 3.05) is 13.2 Å². The van der Waals surface area contributed by atoms with Crippen molar-refractivity contribution in [2.24, 2.45) is 5.92 Å². The second-order valence-electron chi connectivity index (χ2n) is 6.15. The van der Waals surface area contributed by atoms with Crippen molar-refractivity contribution in [3.05, 3.63) is 35.4 Å². The van der Waals surface area contributed by atoms with Crippen LogP contribution in [0.3, 0.4) is 0 Å². The van der Waals surface area contributed by atoms with E-state index in [9.17, 15) is 4.79 Å². The first kappa shape index (κ1) is 14.5. The summed E-state index contributed by atoms with van der Waals surface area (Å²) < 4.78 is 5.39. The van der Waals surface area contributed by atoms with Crippen LogP contribution in [0.5, 0.6) is 0 Å². The minimum atomic E-state index is -0.109. The molecule has 2 atom stereocenters. The first-order valence-corrected chi connectivity index (χ1v) is 7.92. The predicted octanol–water partition coefficient (Wildman–Crippen LogP) is 1.63. The van der Waals surface area contributed by atoms with Crippen molar-refractivity contribution >= 4 is 5.91 Å². The maximum Gasteiger partial charge on any atom is 0.237 e. The average Bonchev–Trinajstić information content (AvgIpc) is 2.55. The topological polar surface area (TPSA) is 50.4 Å². The number of hydrogen-bond acceptors (Lipinski definition) is 3. The number of ether oxygens (including phenoxy) is 1. The van der Waals surface area contributed by atoms with Crippen molar-refractivity contribution < 1.29 is 9.53 Å². The quantitative estimate of drug-likeness (QED) is 0.889. The van der Waals surface area contributed by atoms with Crippen LogP contribution in [0, 0.1) is 5.92 Å². The van der Waals surface area contributed by atoms with Crippen LogP contribution in [-0.4, -0.2) is 31.2 Å². The molecule has 0 aromatic heterocycles. The van der Waals surface area contributed by atoms with Crippen molar-refractivity contribution in [1.82, 2.24) is 10.6 Å². The summed E-state index contributed by atoms with van der Waals surface area (Å²) in [7, 11) is 0. The molecular weight excluding hydrogens is 264 g/mol. The van der Waals surface area contributed by atoms with E-state index >= 15 is 0 Å². The first-order chi connectivity index (χ1) is 10.2. The van der Waals surface area contributed by atoms with Crippen LogP contribution in [0.15, 0.2) is 24.3 Å². The van der Waals surface area contributed by atoms with Crippen LogP contribution in [0.1, 0.15) is 30.9 Å². The Morgan fingerprint density at radius 3 is 2.76 bits per heavy atom. The summed E-state index contributed by atoms with van der Waals surface area (Å²) in [5, 5.41) is 6.54. The third kappa shape index (κ3) is 3.44. The lowest BCUT2D eigenvalue weighted by Crippen LogP contribution is -2.51. The van der Waals surface area contributed by atoms with E-state index in [4.69, 9.17) is 4.74 Å². The van der Waals surface area contributed by atoms with E-state index < -0.39 is 0 Å². The van der Waals surface area contributed by atoms with Gasteiger partial charge in [0.1, 0.15) is 0 Å². The van der Waals surface area contributed by atoms with Crippen molar-refractivity contribution in [3.8, 4) is 0 Å². The molecule has 21 heavy (non-hydrogen) atoms. The Bertz CT molecular complexity index is 497. The molecule has 0 saturated carbocycles. The highest BCUT2D eigenvalue weighted by Gasteiger charge is 2.27. The number of rotatable bonds is 3. The molecule has 1 aromatic rings. The molecule has 1 saturated heterocycles. The first-order valence-electron chi connectivity index (χ1n) is 7.92. The fourth-order valence-corrected chi connectivity index (χ4v) is 3.30. The minimum Gasteiger partial charge on any atom is -0.381 e. The monoisotopic (exact) mass is 288 g/mol. The van der Waals surface area contributed by atoms with Gasteiger partial charge in [-0.3, -0.25) is 4.79 Å². The van der Waals surface area contributed by atoms with Gasteiger partial charge in [0.25, 0.3) is 0 Å². The summed E-state index contributed by atoms with van der Waals surface area (Å²) in [5.41, 5.74) is 2.59. The van der Waals surface area contributed by atoms with Gasteiger partial charge in [-0.15, -0.1) is 0 Å². The number of hydrogen-bond donors (Lipinski definition) is 2. The van der Waals surface area contributed by atoms with Crippen LogP contribution in [0.25, 0.3) is 0 Å². The second kappa shape index (κ2) is 6.58. The smallest absolute Gasteiger partial charge is 0.237 e. The highest BCUT2D eigenvalue weighted by Crippen LogP contribution is 2.20. The zero-order valence-corrected chi connectivity index (χ0v) is 12.6. The SMILES string of the molecule is CC(NC(=O)[C@@H]1Cc2ccccc2CN1)C1CCOCC1. The Kier molecular flexibility index (Phi) is 4.56. The van der Waals surface area contributed by atoms with Crippen LogP contribution in [0.4, 0.5) is 0 Å². The molecule has 114 valence electrons. The van der Waals surface area contributed by atoms with E-state index in [0.717, 1.165) is 39.0 Å². The van der Waals surface area contributed by atoms with Gasteiger partial charge in [0.2, 0.25) is 5.91 Å². The van der Waals surface area contributed by atoms with Gasteiger partial charge in [0.05, 0.1) is 6.04 Å².